The fourth-order valence-electron chi connectivity index (χ4n) is 1.69. The Bertz CT molecular complexity index is 569. The van der Waals surface area contributed by atoms with Gasteiger partial charge in [0, 0.05) is 11.8 Å². The topological polar surface area (TPSA) is 56.8 Å². The number of rotatable bonds is 3. The second kappa shape index (κ2) is 5.94. The first kappa shape index (κ1) is 15.0. The van der Waals surface area contributed by atoms with Crippen LogP contribution < -0.4 is 10.1 Å². The van der Waals surface area contributed by atoms with Gasteiger partial charge in [0.05, 0.1) is 7.11 Å². The van der Waals surface area contributed by atoms with Crippen LogP contribution in [-0.4, -0.2) is 32.4 Å². The van der Waals surface area contributed by atoms with Crippen LogP contribution in [0.4, 0.5) is 18.9 Å². The highest BCUT2D eigenvalue weighted by molar-refractivity contribution is 6.02. The van der Waals surface area contributed by atoms with E-state index in [2.05, 4.69) is 10.1 Å². The average Bonchev–Trinajstić information content (AvgIpc) is 2.46. The number of allylic oxidation sites excluding steroid dienone is 1. The van der Waals surface area contributed by atoms with E-state index >= 15 is 0 Å². The van der Waals surface area contributed by atoms with Crippen molar-refractivity contribution in [2.75, 3.05) is 25.6 Å². The lowest BCUT2D eigenvalue weighted by molar-refractivity contribution is -0.151. The van der Waals surface area contributed by atoms with Crippen LogP contribution in [0.2, 0.25) is 0 Å². The Morgan fingerprint density at radius 3 is 2.67 bits per heavy atom. The van der Waals surface area contributed by atoms with Gasteiger partial charge >= 0.3 is 6.18 Å². The van der Waals surface area contributed by atoms with Crippen molar-refractivity contribution in [3.63, 3.8) is 0 Å². The smallest absolute Gasteiger partial charge is 0.453 e. The maximum atomic E-state index is 12.7. The number of hydrogen-bond acceptors (Lipinski definition) is 4. The van der Waals surface area contributed by atoms with Gasteiger partial charge in [-0.15, -0.1) is 0 Å². The number of nitrogens with one attached hydrogen (secondary N) is 1. The summed E-state index contributed by atoms with van der Waals surface area (Å²) in [6, 6.07) is 6.20. The molecule has 5 nitrogen and oxygen atoms in total. The number of carbonyl (C=O) groups is 1. The van der Waals surface area contributed by atoms with Gasteiger partial charge in [-0.25, -0.2) is 0 Å². The zero-order valence-corrected chi connectivity index (χ0v) is 11.0. The average molecular weight is 303 g/mol. The van der Waals surface area contributed by atoms with Crippen molar-refractivity contribution in [1.29, 1.82) is 0 Å². The molecule has 0 radical (unpaired) electrons. The van der Waals surface area contributed by atoms with Gasteiger partial charge in [-0.2, -0.15) is 13.2 Å². The van der Waals surface area contributed by atoms with Gasteiger partial charge in [0.2, 0.25) is 11.5 Å². The third kappa shape index (κ3) is 3.59. The maximum absolute atomic E-state index is 12.7. The van der Waals surface area contributed by atoms with Crippen LogP contribution in [0, 0.1) is 0 Å². The van der Waals surface area contributed by atoms with Crippen molar-refractivity contribution < 1.29 is 32.2 Å². The fourth-order valence-corrected chi connectivity index (χ4v) is 1.69. The van der Waals surface area contributed by atoms with E-state index in [4.69, 9.17) is 9.47 Å². The molecule has 1 aromatic rings. The van der Waals surface area contributed by atoms with Crippen molar-refractivity contribution in [2.45, 2.75) is 6.18 Å². The Kier molecular flexibility index (Phi) is 4.25. The molecule has 0 bridgehead atoms. The second-order valence-electron chi connectivity index (χ2n) is 4.04. The summed E-state index contributed by atoms with van der Waals surface area (Å²) in [5.41, 5.74) is 0.280. The monoisotopic (exact) mass is 303 g/mol. The van der Waals surface area contributed by atoms with Gasteiger partial charge in [-0.1, -0.05) is 6.07 Å². The van der Waals surface area contributed by atoms with Crippen molar-refractivity contribution in [2.24, 2.45) is 0 Å². The SMILES string of the molecule is COc1cccc(NC(=O)C2=C(C(F)(F)F)OCCO2)c1. The van der Waals surface area contributed by atoms with Gasteiger partial charge in [-0.05, 0) is 12.1 Å². The highest BCUT2D eigenvalue weighted by atomic mass is 19.4. The molecule has 21 heavy (non-hydrogen) atoms. The van der Waals surface area contributed by atoms with Gasteiger partial charge in [-0.3, -0.25) is 4.79 Å². The van der Waals surface area contributed by atoms with Crippen LogP contribution in [0.1, 0.15) is 0 Å². The van der Waals surface area contributed by atoms with Crippen molar-refractivity contribution in [3.8, 4) is 5.75 Å². The third-order valence-electron chi connectivity index (χ3n) is 2.57. The molecule has 0 spiro atoms. The van der Waals surface area contributed by atoms with Gasteiger partial charge in [0.25, 0.3) is 5.91 Å². The summed E-state index contributed by atoms with van der Waals surface area (Å²) in [5.74, 6) is -2.88. The number of hydrogen-bond donors (Lipinski definition) is 1. The molecule has 0 fully saturated rings. The molecule has 0 saturated heterocycles. The standard InChI is InChI=1S/C13H12F3NO4/c1-19-9-4-2-3-8(7-9)17-12(18)10-11(13(14,15)16)21-6-5-20-10/h2-4,7H,5-6H2,1H3,(H,17,18). The quantitative estimate of drug-likeness (QED) is 0.932. The molecule has 114 valence electrons. The largest absolute Gasteiger partial charge is 0.497 e. The van der Waals surface area contributed by atoms with Crippen LogP contribution in [0.15, 0.2) is 35.8 Å². The molecule has 1 aliphatic heterocycles. The highest BCUT2D eigenvalue weighted by Crippen LogP contribution is 2.32. The Hall–Kier alpha value is -2.38. The van der Waals surface area contributed by atoms with E-state index in [1.54, 1.807) is 12.1 Å². The zero-order valence-electron chi connectivity index (χ0n) is 11.0. The van der Waals surface area contributed by atoms with E-state index in [0.717, 1.165) is 0 Å². The number of benzene rings is 1. The van der Waals surface area contributed by atoms with E-state index in [0.29, 0.717) is 5.75 Å². The van der Waals surface area contributed by atoms with Crippen LogP contribution >= 0.6 is 0 Å². The minimum Gasteiger partial charge on any atom is -0.497 e. The van der Waals surface area contributed by atoms with Gasteiger partial charge in [0.15, 0.2) is 0 Å². The Labute approximate surface area is 118 Å². The minimum absolute atomic E-state index is 0.125. The molecule has 0 unspecified atom stereocenters. The molecule has 1 amide bonds. The summed E-state index contributed by atoms with van der Waals surface area (Å²) >= 11 is 0. The number of carbonyl (C=O) groups excluding carboxylic acids is 1. The molecule has 1 heterocycles. The van der Waals surface area contributed by atoms with Gasteiger partial charge < -0.3 is 19.5 Å². The summed E-state index contributed by atoms with van der Waals surface area (Å²) in [6.07, 6.45) is -4.79. The van der Waals surface area contributed by atoms with E-state index in [1.165, 1.54) is 19.2 Å². The summed E-state index contributed by atoms with van der Waals surface area (Å²) in [6.45, 7) is -0.384. The number of ether oxygens (including phenoxy) is 3. The predicted molar refractivity (Wildman–Crippen MR) is 66.6 cm³/mol. The zero-order chi connectivity index (χ0) is 15.5. The van der Waals surface area contributed by atoms with Crippen LogP contribution in [0.3, 0.4) is 0 Å². The first-order valence-electron chi connectivity index (χ1n) is 5.94. The molecule has 0 aromatic heterocycles. The molecular formula is C13H12F3NO4. The Balaban J connectivity index is 2.23. The Morgan fingerprint density at radius 2 is 2.00 bits per heavy atom. The number of amides is 1. The lowest BCUT2D eigenvalue weighted by atomic mass is 10.2. The maximum Gasteiger partial charge on any atom is 0.453 e. The van der Waals surface area contributed by atoms with Crippen molar-refractivity contribution >= 4 is 11.6 Å². The lowest BCUT2D eigenvalue weighted by Crippen LogP contribution is -2.30. The number of anilines is 1. The lowest BCUT2D eigenvalue weighted by Gasteiger charge is -2.22. The molecule has 1 N–H and O–H groups in total. The third-order valence-corrected chi connectivity index (χ3v) is 2.57. The first-order valence-corrected chi connectivity index (χ1v) is 5.94. The van der Waals surface area contributed by atoms with E-state index in [9.17, 15) is 18.0 Å². The summed E-state index contributed by atoms with van der Waals surface area (Å²) in [4.78, 5) is 11.9. The molecular weight excluding hydrogens is 291 g/mol. The van der Waals surface area contributed by atoms with Crippen LogP contribution in [0.5, 0.6) is 5.75 Å². The van der Waals surface area contributed by atoms with Gasteiger partial charge in [0.1, 0.15) is 19.0 Å². The molecule has 0 atom stereocenters. The minimum atomic E-state index is -4.79. The number of halogens is 3. The second-order valence-corrected chi connectivity index (χ2v) is 4.04. The van der Waals surface area contributed by atoms with E-state index in [-0.39, 0.29) is 18.9 Å². The van der Waals surface area contributed by atoms with Crippen LogP contribution in [0.25, 0.3) is 0 Å². The molecule has 0 aliphatic carbocycles. The molecule has 1 aliphatic rings. The molecule has 2 rings (SSSR count). The van der Waals surface area contributed by atoms with E-state index < -0.39 is 23.6 Å². The van der Waals surface area contributed by atoms with Crippen molar-refractivity contribution in [3.05, 3.63) is 35.8 Å². The summed E-state index contributed by atoms with van der Waals surface area (Å²) < 4.78 is 52.5. The first-order chi connectivity index (χ1) is 9.91. The fraction of sp³-hybridized carbons (Fsp3) is 0.308. The van der Waals surface area contributed by atoms with E-state index in [1.807, 2.05) is 0 Å². The molecule has 8 heteroatoms. The summed E-state index contributed by atoms with van der Waals surface area (Å²) in [5, 5.41) is 2.31. The summed E-state index contributed by atoms with van der Waals surface area (Å²) in [7, 11) is 1.43. The Morgan fingerprint density at radius 1 is 1.29 bits per heavy atom. The molecule has 0 saturated carbocycles. The number of methoxy groups -OCH3 is 1. The van der Waals surface area contributed by atoms with Crippen LogP contribution in [-0.2, 0) is 14.3 Å². The number of alkyl halides is 3. The molecule has 1 aromatic carbocycles. The highest BCUT2D eigenvalue weighted by Gasteiger charge is 2.43. The normalized spacial score (nSPS) is 15.0. The van der Waals surface area contributed by atoms with Crippen molar-refractivity contribution in [1.82, 2.24) is 0 Å². The predicted octanol–water partition coefficient (Wildman–Crippen LogP) is 2.45.